The maximum atomic E-state index is 14.0. The Morgan fingerprint density at radius 2 is 2.10 bits per heavy atom. The van der Waals surface area contributed by atoms with Crippen LogP contribution in [-0.4, -0.2) is 27.8 Å². The van der Waals surface area contributed by atoms with Crippen molar-refractivity contribution in [2.45, 2.75) is 31.7 Å². The van der Waals surface area contributed by atoms with Crippen LogP contribution in [0.5, 0.6) is 5.75 Å². The van der Waals surface area contributed by atoms with Gasteiger partial charge < -0.3 is 9.29 Å². The van der Waals surface area contributed by atoms with E-state index in [4.69, 9.17) is 4.74 Å². The number of alkyl halides is 1. The molecule has 2 unspecified atom stereocenters. The molecule has 1 aliphatic rings. The van der Waals surface area contributed by atoms with Gasteiger partial charge >= 0.3 is 0 Å². The lowest BCUT2D eigenvalue weighted by molar-refractivity contribution is 0.222. The molecular weight excluding hydrogens is 352 g/mol. The first kappa shape index (κ1) is 15.7. The van der Waals surface area contributed by atoms with Crippen LogP contribution in [0.15, 0.2) is 21.0 Å². The summed E-state index contributed by atoms with van der Waals surface area (Å²) in [7, 11) is 0. The van der Waals surface area contributed by atoms with Gasteiger partial charge in [0.15, 0.2) is 17.7 Å². The first-order valence-corrected chi connectivity index (χ1v) is 7.87. The zero-order chi connectivity index (χ0) is 15.1. The van der Waals surface area contributed by atoms with E-state index in [1.807, 2.05) is 0 Å². The number of halogens is 3. The monoisotopic (exact) mass is 365 g/mol. The molecule has 110 valence electrons. The van der Waals surface area contributed by atoms with Gasteiger partial charge in [-0.1, -0.05) is 4.40 Å². The van der Waals surface area contributed by atoms with E-state index in [1.54, 1.807) is 20.8 Å². The normalized spacial score (nSPS) is 22.4. The molecule has 7 heteroatoms. The Labute approximate surface area is 127 Å². The Balaban J connectivity index is 2.51. The third-order valence-corrected chi connectivity index (χ3v) is 4.72. The van der Waals surface area contributed by atoms with Gasteiger partial charge in [0.25, 0.3) is 0 Å². The summed E-state index contributed by atoms with van der Waals surface area (Å²) in [5, 5.41) is 0. The Morgan fingerprint density at radius 1 is 1.45 bits per heavy atom. The number of hydrogen-bond donors (Lipinski definition) is 0. The van der Waals surface area contributed by atoms with Gasteiger partial charge in [0.2, 0.25) is 0 Å². The van der Waals surface area contributed by atoms with E-state index in [-0.39, 0.29) is 28.1 Å². The smallest absolute Gasteiger partial charge is 0.181 e. The summed E-state index contributed by atoms with van der Waals surface area (Å²) in [5.74, 6) is -0.665. The van der Waals surface area contributed by atoms with Gasteiger partial charge in [-0.2, -0.15) is 0 Å². The zero-order valence-electron chi connectivity index (χ0n) is 11.2. The first-order chi connectivity index (χ1) is 9.21. The van der Waals surface area contributed by atoms with Gasteiger partial charge in [-0.25, -0.2) is 8.78 Å². The van der Waals surface area contributed by atoms with E-state index in [0.717, 1.165) is 0 Å². The number of hydrogen-bond acceptors (Lipinski definition) is 3. The molecule has 1 aliphatic heterocycles. The number of rotatable bonds is 1. The van der Waals surface area contributed by atoms with E-state index in [0.29, 0.717) is 0 Å². The van der Waals surface area contributed by atoms with E-state index in [9.17, 15) is 13.3 Å². The highest BCUT2D eigenvalue weighted by atomic mass is 79.9. The van der Waals surface area contributed by atoms with E-state index >= 15 is 0 Å². The molecule has 1 aromatic carbocycles. The minimum absolute atomic E-state index is 0.0223. The van der Waals surface area contributed by atoms with Crippen LogP contribution in [0.2, 0.25) is 0 Å². The molecule has 1 aromatic rings. The van der Waals surface area contributed by atoms with Crippen molar-refractivity contribution in [3.8, 4) is 5.75 Å². The quantitative estimate of drug-likeness (QED) is 0.714. The highest BCUT2D eigenvalue weighted by Crippen LogP contribution is 2.34. The molecule has 0 saturated carbocycles. The predicted molar refractivity (Wildman–Crippen MR) is 78.9 cm³/mol. The lowest BCUT2D eigenvalue weighted by Gasteiger charge is -2.24. The minimum Gasteiger partial charge on any atom is -0.591 e. The van der Waals surface area contributed by atoms with Gasteiger partial charge in [-0.3, -0.25) is 0 Å². The van der Waals surface area contributed by atoms with Crippen molar-refractivity contribution in [2.75, 3.05) is 6.61 Å². The molecule has 0 radical (unpaired) electrons. The van der Waals surface area contributed by atoms with E-state index < -0.39 is 28.1 Å². The molecule has 0 fully saturated rings. The van der Waals surface area contributed by atoms with Crippen LogP contribution in [0.1, 0.15) is 26.3 Å². The summed E-state index contributed by atoms with van der Waals surface area (Å²) in [6.07, 6.45) is -1.52. The Hall–Kier alpha value is -0.660. The van der Waals surface area contributed by atoms with Crippen molar-refractivity contribution >= 4 is 33.0 Å². The van der Waals surface area contributed by atoms with Crippen LogP contribution in [-0.2, 0) is 11.4 Å². The predicted octanol–water partition coefficient (Wildman–Crippen LogP) is 3.57. The number of benzene rings is 1. The summed E-state index contributed by atoms with van der Waals surface area (Å²) in [5.41, 5.74) is 0.188. The summed E-state index contributed by atoms with van der Waals surface area (Å²) in [4.78, 5) is 0. The lowest BCUT2D eigenvalue weighted by Crippen LogP contribution is -2.34. The molecule has 0 aromatic heterocycles. The Morgan fingerprint density at radius 3 is 2.70 bits per heavy atom. The fraction of sp³-hybridized carbons (Fsp3) is 0.462. The van der Waals surface area contributed by atoms with Crippen molar-refractivity contribution in [3.05, 3.63) is 28.0 Å². The molecule has 1 heterocycles. The third-order valence-electron chi connectivity index (χ3n) is 2.70. The second-order valence-electron chi connectivity index (χ2n) is 5.35. The number of fused-ring (bicyclic) bond motifs is 1. The first-order valence-electron chi connectivity index (χ1n) is 5.97. The van der Waals surface area contributed by atoms with Gasteiger partial charge in [0.05, 0.1) is 4.47 Å². The molecule has 3 nitrogen and oxygen atoms in total. The Kier molecular flexibility index (Phi) is 4.41. The van der Waals surface area contributed by atoms with Crippen molar-refractivity contribution in [1.82, 2.24) is 0 Å². The van der Waals surface area contributed by atoms with Gasteiger partial charge in [0.1, 0.15) is 28.4 Å². The summed E-state index contributed by atoms with van der Waals surface area (Å²) < 4.78 is 48.6. The summed E-state index contributed by atoms with van der Waals surface area (Å²) in [6.45, 7) is 4.88. The highest BCUT2D eigenvalue weighted by molar-refractivity contribution is 9.10. The van der Waals surface area contributed by atoms with E-state index in [1.165, 1.54) is 12.1 Å². The van der Waals surface area contributed by atoms with Gasteiger partial charge in [-0.15, -0.1) is 0 Å². The van der Waals surface area contributed by atoms with Crippen molar-refractivity contribution < 1.29 is 18.1 Å². The molecule has 0 N–H and O–H groups in total. The van der Waals surface area contributed by atoms with Crippen LogP contribution in [0, 0.1) is 5.82 Å². The molecule has 2 atom stereocenters. The molecule has 2 rings (SSSR count). The maximum absolute atomic E-state index is 14.0. The molecule has 20 heavy (non-hydrogen) atoms. The number of ether oxygens (including phenoxy) is 1. The highest BCUT2D eigenvalue weighted by Gasteiger charge is 2.35. The average Bonchev–Trinajstić information content (AvgIpc) is 2.35. The minimum atomic E-state index is -1.62. The van der Waals surface area contributed by atoms with Crippen LogP contribution in [0.4, 0.5) is 8.78 Å². The fourth-order valence-electron chi connectivity index (χ4n) is 1.61. The zero-order valence-corrected chi connectivity index (χ0v) is 13.6. The summed E-state index contributed by atoms with van der Waals surface area (Å²) >= 11 is 1.43. The van der Waals surface area contributed by atoms with Crippen LogP contribution >= 0.6 is 15.9 Å². The summed E-state index contributed by atoms with van der Waals surface area (Å²) in [6, 6.07) is 2.96. The molecular formula is C13H14BrF2NO2S. The Bertz CT molecular complexity index is 560. The van der Waals surface area contributed by atoms with Crippen molar-refractivity contribution in [1.29, 1.82) is 0 Å². The van der Waals surface area contributed by atoms with Gasteiger partial charge in [0, 0.05) is 5.56 Å². The SMILES string of the molecule is CC(C)(C)[S+]([O-])N=C1c2ccc(Br)c(F)c2OCC1F. The van der Waals surface area contributed by atoms with Gasteiger partial charge in [-0.05, 0) is 48.8 Å². The van der Waals surface area contributed by atoms with Crippen molar-refractivity contribution in [2.24, 2.45) is 4.40 Å². The van der Waals surface area contributed by atoms with Crippen LogP contribution < -0.4 is 4.74 Å². The number of nitrogens with zero attached hydrogens (tertiary/aromatic N) is 1. The lowest BCUT2D eigenvalue weighted by atomic mass is 10.0. The standard InChI is InChI=1S/C13H14BrF2NO2S/c1-13(2,3)20(18)17-11-7-4-5-8(14)10(16)12(7)19-6-9(11)15/h4-5,9H,6H2,1-3H3. The molecule has 0 amide bonds. The third kappa shape index (κ3) is 2.99. The maximum Gasteiger partial charge on any atom is 0.181 e. The van der Waals surface area contributed by atoms with E-state index in [2.05, 4.69) is 20.3 Å². The van der Waals surface area contributed by atoms with Crippen LogP contribution in [0.25, 0.3) is 0 Å². The second kappa shape index (κ2) is 5.61. The molecule has 0 bridgehead atoms. The van der Waals surface area contributed by atoms with Crippen molar-refractivity contribution in [3.63, 3.8) is 0 Å². The molecule has 0 saturated heterocycles. The molecule has 0 aliphatic carbocycles. The topological polar surface area (TPSA) is 44.7 Å². The second-order valence-corrected chi connectivity index (χ2v) is 8.11. The average molecular weight is 366 g/mol. The van der Waals surface area contributed by atoms with Crippen LogP contribution in [0.3, 0.4) is 0 Å². The fourth-order valence-corrected chi connectivity index (χ4v) is 2.59. The molecule has 0 spiro atoms. The largest absolute Gasteiger partial charge is 0.591 e.